The Balaban J connectivity index is 1.65. The summed E-state index contributed by atoms with van der Waals surface area (Å²) >= 11 is 0. The number of benzene rings is 1. The Kier molecular flexibility index (Phi) is 6.31. The number of esters is 1. The lowest BCUT2D eigenvalue weighted by Gasteiger charge is -2.14. The topological polar surface area (TPSA) is 63.6 Å². The molecule has 1 fully saturated rings. The van der Waals surface area contributed by atoms with E-state index in [1.54, 1.807) is 17.7 Å². The third-order valence-electron chi connectivity index (χ3n) is 5.17. The van der Waals surface area contributed by atoms with Gasteiger partial charge in [0.05, 0.1) is 7.11 Å². The SMILES string of the molecule is C=CCN1CC[C@H](CNC(=O)c2cccc(-c3cc(C(=O)OC)n(C)c3)c2)C1. The average Bonchev–Trinajstić information content (AvgIpc) is 3.32. The molecule has 3 rings (SSSR count). The number of aryl methyl sites for hydroxylation is 1. The van der Waals surface area contributed by atoms with E-state index in [-0.39, 0.29) is 11.9 Å². The molecule has 2 heterocycles. The Labute approximate surface area is 165 Å². The summed E-state index contributed by atoms with van der Waals surface area (Å²) in [7, 11) is 3.16. The normalized spacial score (nSPS) is 16.7. The van der Waals surface area contributed by atoms with Gasteiger partial charge in [-0.05, 0) is 42.6 Å². The van der Waals surface area contributed by atoms with Crippen molar-refractivity contribution in [3.05, 3.63) is 60.4 Å². The molecule has 0 spiro atoms. The highest BCUT2D eigenvalue weighted by Gasteiger charge is 2.22. The lowest BCUT2D eigenvalue weighted by atomic mass is 10.0. The van der Waals surface area contributed by atoms with Gasteiger partial charge in [-0.25, -0.2) is 4.79 Å². The van der Waals surface area contributed by atoms with Crippen molar-refractivity contribution in [2.24, 2.45) is 13.0 Å². The van der Waals surface area contributed by atoms with Gasteiger partial charge in [0, 0.05) is 44.0 Å². The molecule has 148 valence electrons. The molecular weight excluding hydrogens is 354 g/mol. The van der Waals surface area contributed by atoms with Gasteiger partial charge in [-0.3, -0.25) is 9.69 Å². The van der Waals surface area contributed by atoms with Crippen LogP contribution in [0.4, 0.5) is 0 Å². The Morgan fingerprint density at radius 2 is 2.14 bits per heavy atom. The lowest BCUT2D eigenvalue weighted by Crippen LogP contribution is -2.31. The fourth-order valence-corrected chi connectivity index (χ4v) is 3.64. The van der Waals surface area contributed by atoms with Crippen molar-refractivity contribution < 1.29 is 14.3 Å². The van der Waals surface area contributed by atoms with E-state index in [4.69, 9.17) is 4.74 Å². The first-order valence-corrected chi connectivity index (χ1v) is 9.48. The largest absolute Gasteiger partial charge is 0.464 e. The summed E-state index contributed by atoms with van der Waals surface area (Å²) in [4.78, 5) is 26.8. The smallest absolute Gasteiger partial charge is 0.354 e. The number of rotatable bonds is 7. The molecule has 0 radical (unpaired) electrons. The van der Waals surface area contributed by atoms with Crippen molar-refractivity contribution in [2.75, 3.05) is 33.3 Å². The van der Waals surface area contributed by atoms with Crippen molar-refractivity contribution in [1.29, 1.82) is 0 Å². The molecule has 1 aliphatic heterocycles. The van der Waals surface area contributed by atoms with E-state index in [1.165, 1.54) is 7.11 Å². The first-order chi connectivity index (χ1) is 13.5. The molecule has 6 heteroatoms. The second kappa shape index (κ2) is 8.89. The number of ether oxygens (including phenoxy) is 1. The minimum Gasteiger partial charge on any atom is -0.464 e. The molecule has 1 N–H and O–H groups in total. The van der Waals surface area contributed by atoms with E-state index in [2.05, 4.69) is 16.8 Å². The van der Waals surface area contributed by atoms with Crippen LogP contribution in [0.3, 0.4) is 0 Å². The van der Waals surface area contributed by atoms with E-state index in [1.807, 2.05) is 36.5 Å². The number of nitrogens with zero attached hydrogens (tertiary/aromatic N) is 2. The highest BCUT2D eigenvalue weighted by molar-refractivity contribution is 5.96. The second-order valence-electron chi connectivity index (χ2n) is 7.21. The molecule has 0 aliphatic carbocycles. The minimum atomic E-state index is -0.385. The molecule has 0 bridgehead atoms. The standard InChI is InChI=1S/C22H27N3O3/c1-4-9-25-10-8-16(14-25)13-23-21(26)18-7-5-6-17(11-18)19-12-20(22(27)28-3)24(2)15-19/h4-7,11-12,15-16H,1,8-10,13-14H2,2-3H3,(H,23,26)/t16-/m1/s1. The first kappa shape index (κ1) is 19.9. The Bertz CT molecular complexity index is 872. The molecule has 1 saturated heterocycles. The minimum absolute atomic E-state index is 0.0758. The van der Waals surface area contributed by atoms with Crippen LogP contribution in [-0.4, -0.2) is 54.6 Å². The fourth-order valence-electron chi connectivity index (χ4n) is 3.64. The van der Waals surface area contributed by atoms with Gasteiger partial charge in [-0.1, -0.05) is 18.2 Å². The summed E-state index contributed by atoms with van der Waals surface area (Å²) in [6.45, 7) is 7.40. The summed E-state index contributed by atoms with van der Waals surface area (Å²) in [6, 6.07) is 9.22. The molecule has 2 aromatic rings. The number of hydrogen-bond acceptors (Lipinski definition) is 4. The molecule has 0 unspecified atom stereocenters. The zero-order chi connectivity index (χ0) is 20.1. The van der Waals surface area contributed by atoms with Crippen LogP contribution in [-0.2, 0) is 11.8 Å². The van der Waals surface area contributed by atoms with Crippen LogP contribution in [0.15, 0.2) is 49.2 Å². The summed E-state index contributed by atoms with van der Waals surface area (Å²) in [5, 5.41) is 3.06. The lowest BCUT2D eigenvalue weighted by molar-refractivity contribution is 0.0590. The summed E-state index contributed by atoms with van der Waals surface area (Å²) < 4.78 is 6.52. The van der Waals surface area contributed by atoms with Crippen LogP contribution >= 0.6 is 0 Å². The zero-order valence-corrected chi connectivity index (χ0v) is 16.5. The van der Waals surface area contributed by atoms with Gasteiger partial charge in [0.15, 0.2) is 0 Å². The van der Waals surface area contributed by atoms with Crippen LogP contribution in [0, 0.1) is 5.92 Å². The highest BCUT2D eigenvalue weighted by atomic mass is 16.5. The summed E-state index contributed by atoms with van der Waals surface area (Å²) in [6.07, 6.45) is 4.87. The van der Waals surface area contributed by atoms with Crippen LogP contribution in [0.1, 0.15) is 27.3 Å². The number of amides is 1. The number of hydrogen-bond donors (Lipinski definition) is 1. The van der Waals surface area contributed by atoms with Crippen molar-refractivity contribution in [1.82, 2.24) is 14.8 Å². The Morgan fingerprint density at radius 1 is 1.32 bits per heavy atom. The number of carbonyl (C=O) groups is 2. The zero-order valence-electron chi connectivity index (χ0n) is 16.5. The number of methoxy groups -OCH3 is 1. The predicted octanol–water partition coefficient (Wildman–Crippen LogP) is 2.72. The molecule has 0 saturated carbocycles. The summed E-state index contributed by atoms with van der Waals surface area (Å²) in [5.41, 5.74) is 2.84. The average molecular weight is 381 g/mol. The Morgan fingerprint density at radius 3 is 2.89 bits per heavy atom. The van der Waals surface area contributed by atoms with Gasteiger partial charge < -0.3 is 14.6 Å². The van der Waals surface area contributed by atoms with Gasteiger partial charge in [0.2, 0.25) is 0 Å². The molecule has 28 heavy (non-hydrogen) atoms. The fraction of sp³-hybridized carbons (Fsp3) is 0.364. The van der Waals surface area contributed by atoms with E-state index < -0.39 is 0 Å². The molecule has 1 atom stereocenters. The molecular formula is C22H27N3O3. The van der Waals surface area contributed by atoms with Crippen LogP contribution in [0.5, 0.6) is 0 Å². The number of carbonyl (C=O) groups excluding carboxylic acids is 2. The van der Waals surface area contributed by atoms with E-state index in [0.717, 1.165) is 37.2 Å². The van der Waals surface area contributed by atoms with Crippen molar-refractivity contribution in [3.63, 3.8) is 0 Å². The van der Waals surface area contributed by atoms with Crippen LogP contribution in [0.2, 0.25) is 0 Å². The third-order valence-corrected chi connectivity index (χ3v) is 5.17. The third kappa shape index (κ3) is 4.51. The van der Waals surface area contributed by atoms with Crippen LogP contribution in [0.25, 0.3) is 11.1 Å². The maximum Gasteiger partial charge on any atom is 0.354 e. The quantitative estimate of drug-likeness (QED) is 0.592. The van der Waals surface area contributed by atoms with Gasteiger partial charge in [0.25, 0.3) is 5.91 Å². The highest BCUT2D eigenvalue weighted by Crippen LogP contribution is 2.23. The monoisotopic (exact) mass is 381 g/mol. The molecule has 1 amide bonds. The first-order valence-electron chi connectivity index (χ1n) is 9.48. The van der Waals surface area contributed by atoms with Gasteiger partial charge in [0.1, 0.15) is 5.69 Å². The number of likely N-dealkylation sites (tertiary alicyclic amines) is 1. The second-order valence-corrected chi connectivity index (χ2v) is 7.21. The molecule has 1 aromatic heterocycles. The molecule has 1 aromatic carbocycles. The van der Waals surface area contributed by atoms with Crippen LogP contribution < -0.4 is 5.32 Å². The van der Waals surface area contributed by atoms with Crippen molar-refractivity contribution in [3.8, 4) is 11.1 Å². The molecule has 6 nitrogen and oxygen atoms in total. The van der Waals surface area contributed by atoms with E-state index >= 15 is 0 Å². The number of nitrogens with one attached hydrogen (secondary N) is 1. The number of aromatic nitrogens is 1. The maximum absolute atomic E-state index is 12.6. The van der Waals surface area contributed by atoms with E-state index in [0.29, 0.717) is 23.7 Å². The van der Waals surface area contributed by atoms with Crippen molar-refractivity contribution >= 4 is 11.9 Å². The molecule has 1 aliphatic rings. The van der Waals surface area contributed by atoms with Crippen molar-refractivity contribution in [2.45, 2.75) is 6.42 Å². The Hall–Kier alpha value is -2.86. The van der Waals surface area contributed by atoms with E-state index in [9.17, 15) is 9.59 Å². The summed E-state index contributed by atoms with van der Waals surface area (Å²) in [5.74, 6) is 0.0154. The predicted molar refractivity (Wildman–Crippen MR) is 109 cm³/mol. The van der Waals surface area contributed by atoms with Gasteiger partial charge in [-0.15, -0.1) is 6.58 Å². The van der Waals surface area contributed by atoms with Gasteiger partial charge in [-0.2, -0.15) is 0 Å². The maximum atomic E-state index is 12.6. The van der Waals surface area contributed by atoms with Gasteiger partial charge >= 0.3 is 5.97 Å².